The molecule has 1 N–H and O–H groups in total. The molecule has 2 heterocycles. The van der Waals surface area contributed by atoms with E-state index in [1.807, 2.05) is 6.07 Å². The Hall–Kier alpha value is -3.01. The van der Waals surface area contributed by atoms with Gasteiger partial charge in [0.1, 0.15) is 5.75 Å². The van der Waals surface area contributed by atoms with Gasteiger partial charge in [0.2, 0.25) is 0 Å². The van der Waals surface area contributed by atoms with Gasteiger partial charge in [0.25, 0.3) is 0 Å². The van der Waals surface area contributed by atoms with Crippen molar-refractivity contribution in [3.05, 3.63) is 59.3 Å². The van der Waals surface area contributed by atoms with Crippen molar-refractivity contribution in [1.29, 1.82) is 0 Å². The summed E-state index contributed by atoms with van der Waals surface area (Å²) >= 11 is 1.16. The van der Waals surface area contributed by atoms with Crippen LogP contribution in [0.25, 0.3) is 11.0 Å². The standard InChI is InChI=1S/C27H29F3N2O4S/c1-15(2)26(27(28,29)30)22(37-23(31-26)17-9-7-6-8-10-17)12-11-19-18-13-16(3)20(14-21(18)36-32-19)35-25(4,5)24(33)34/h6-10,13-15,22H,11-12H2,1-5H3,(H,33,34). The van der Waals surface area contributed by atoms with E-state index < -0.39 is 34.5 Å². The first kappa shape index (κ1) is 27.0. The van der Waals surface area contributed by atoms with Crippen LogP contribution >= 0.6 is 11.8 Å². The van der Waals surface area contributed by atoms with E-state index in [0.717, 1.165) is 11.8 Å². The van der Waals surface area contributed by atoms with Crippen LogP contribution in [0.15, 0.2) is 52.0 Å². The molecule has 1 aromatic heterocycles. The highest BCUT2D eigenvalue weighted by Crippen LogP contribution is 2.53. The average Bonchev–Trinajstić information content (AvgIpc) is 3.40. The summed E-state index contributed by atoms with van der Waals surface area (Å²) in [5.41, 5.74) is -1.41. The van der Waals surface area contributed by atoms with Gasteiger partial charge in [0, 0.05) is 22.3 Å². The number of carbonyl (C=O) groups is 1. The van der Waals surface area contributed by atoms with E-state index in [4.69, 9.17) is 9.26 Å². The van der Waals surface area contributed by atoms with Crippen molar-refractivity contribution in [2.75, 3.05) is 0 Å². The van der Waals surface area contributed by atoms with Crippen LogP contribution in [-0.2, 0) is 11.2 Å². The third-order valence-corrected chi connectivity index (χ3v) is 8.18. The van der Waals surface area contributed by atoms with Crippen LogP contribution in [0, 0.1) is 12.8 Å². The average molecular weight is 535 g/mol. The smallest absolute Gasteiger partial charge is 0.414 e. The Balaban J connectivity index is 1.62. The second-order valence-corrected chi connectivity index (χ2v) is 11.3. The van der Waals surface area contributed by atoms with Gasteiger partial charge in [-0.1, -0.05) is 61.1 Å². The first-order valence-corrected chi connectivity index (χ1v) is 12.8. The summed E-state index contributed by atoms with van der Waals surface area (Å²) in [5.74, 6) is -1.54. The second kappa shape index (κ2) is 9.70. The molecule has 2 aromatic carbocycles. The van der Waals surface area contributed by atoms with E-state index in [-0.39, 0.29) is 12.8 Å². The molecule has 1 aliphatic heterocycles. The summed E-state index contributed by atoms with van der Waals surface area (Å²) in [6.45, 7) is 7.78. The van der Waals surface area contributed by atoms with Crippen molar-refractivity contribution < 1.29 is 32.3 Å². The number of benzene rings is 2. The summed E-state index contributed by atoms with van der Waals surface area (Å²) in [7, 11) is 0. The maximum Gasteiger partial charge on any atom is 0.414 e. The Morgan fingerprint density at radius 1 is 1.22 bits per heavy atom. The fourth-order valence-electron chi connectivity index (χ4n) is 4.56. The maximum absolute atomic E-state index is 14.6. The highest BCUT2D eigenvalue weighted by atomic mass is 32.2. The lowest BCUT2D eigenvalue weighted by molar-refractivity contribution is -0.196. The minimum Gasteiger partial charge on any atom is -0.478 e. The lowest BCUT2D eigenvalue weighted by Crippen LogP contribution is -2.53. The number of thioether (sulfide) groups is 1. The summed E-state index contributed by atoms with van der Waals surface area (Å²) < 4.78 is 54.9. The number of hydrogen-bond acceptors (Lipinski definition) is 6. The number of nitrogens with zero attached hydrogens (tertiary/aromatic N) is 2. The fourth-order valence-corrected chi connectivity index (χ4v) is 6.18. The lowest BCUT2D eigenvalue weighted by atomic mass is 9.80. The Bertz CT molecular complexity index is 1330. The van der Waals surface area contributed by atoms with Gasteiger partial charge in [-0.25, -0.2) is 4.79 Å². The zero-order valence-corrected chi connectivity index (χ0v) is 22.0. The van der Waals surface area contributed by atoms with Crippen LogP contribution in [0.5, 0.6) is 5.75 Å². The highest BCUT2D eigenvalue weighted by molar-refractivity contribution is 8.15. The van der Waals surface area contributed by atoms with Crippen molar-refractivity contribution in [3.8, 4) is 5.75 Å². The number of alkyl halides is 3. The van der Waals surface area contributed by atoms with Gasteiger partial charge in [-0.05, 0) is 51.2 Å². The number of halogens is 3. The van der Waals surface area contributed by atoms with Crippen molar-refractivity contribution in [2.45, 2.75) is 70.0 Å². The van der Waals surface area contributed by atoms with Gasteiger partial charge in [-0.2, -0.15) is 13.2 Å². The van der Waals surface area contributed by atoms with E-state index in [1.54, 1.807) is 57.2 Å². The lowest BCUT2D eigenvalue weighted by Gasteiger charge is -2.37. The predicted molar refractivity (Wildman–Crippen MR) is 137 cm³/mol. The van der Waals surface area contributed by atoms with Gasteiger partial charge < -0.3 is 14.4 Å². The van der Waals surface area contributed by atoms with Crippen molar-refractivity contribution in [2.24, 2.45) is 10.9 Å². The number of ether oxygens (including phenoxy) is 1. The van der Waals surface area contributed by atoms with E-state index in [9.17, 15) is 23.1 Å². The number of rotatable bonds is 8. The number of fused-ring (bicyclic) bond motifs is 1. The van der Waals surface area contributed by atoms with Crippen LogP contribution in [0.3, 0.4) is 0 Å². The van der Waals surface area contributed by atoms with Crippen LogP contribution < -0.4 is 4.74 Å². The first-order chi connectivity index (χ1) is 17.3. The van der Waals surface area contributed by atoms with E-state index in [2.05, 4.69) is 10.1 Å². The van der Waals surface area contributed by atoms with Crippen LogP contribution in [0.4, 0.5) is 13.2 Å². The molecule has 0 bridgehead atoms. The normalized spacial score (nSPS) is 20.5. The van der Waals surface area contributed by atoms with Gasteiger partial charge in [-0.15, -0.1) is 0 Å². The van der Waals surface area contributed by atoms with Gasteiger partial charge in [0.05, 0.1) is 10.7 Å². The molecule has 2 unspecified atom stereocenters. The topological polar surface area (TPSA) is 84.9 Å². The minimum atomic E-state index is -4.53. The van der Waals surface area contributed by atoms with Gasteiger partial charge in [0.15, 0.2) is 16.7 Å². The largest absolute Gasteiger partial charge is 0.478 e. The fraction of sp³-hybridized carbons (Fsp3) is 0.444. The van der Waals surface area contributed by atoms with Gasteiger partial charge in [-0.3, -0.25) is 4.99 Å². The van der Waals surface area contributed by atoms with Crippen molar-refractivity contribution >= 4 is 33.7 Å². The Labute approximate surface area is 217 Å². The number of aryl methyl sites for hydroxylation is 2. The highest BCUT2D eigenvalue weighted by Gasteiger charge is 2.64. The summed E-state index contributed by atoms with van der Waals surface area (Å²) in [6, 6.07) is 12.3. The molecule has 0 fully saturated rings. The molecule has 2 atom stereocenters. The number of carboxylic acid groups (broad SMARTS) is 1. The second-order valence-electron chi connectivity index (χ2n) is 10.1. The Morgan fingerprint density at radius 2 is 1.89 bits per heavy atom. The number of aliphatic imine (C=N–C) groups is 1. The van der Waals surface area contributed by atoms with Crippen molar-refractivity contribution in [1.82, 2.24) is 5.16 Å². The number of carboxylic acids is 1. The van der Waals surface area contributed by atoms with Crippen LogP contribution in [0.2, 0.25) is 0 Å². The van der Waals surface area contributed by atoms with Crippen molar-refractivity contribution in [3.63, 3.8) is 0 Å². The van der Waals surface area contributed by atoms with Crippen LogP contribution in [-0.4, -0.2) is 43.8 Å². The molecule has 4 rings (SSSR count). The molecule has 0 radical (unpaired) electrons. The summed E-state index contributed by atoms with van der Waals surface area (Å²) in [6.07, 6.45) is -4.08. The summed E-state index contributed by atoms with van der Waals surface area (Å²) in [5, 5.41) is 13.7. The van der Waals surface area contributed by atoms with E-state index in [0.29, 0.717) is 38.6 Å². The number of hydrogen-bond donors (Lipinski definition) is 1. The molecule has 0 saturated heterocycles. The Morgan fingerprint density at radius 3 is 2.49 bits per heavy atom. The third-order valence-electron chi connectivity index (χ3n) is 6.75. The third kappa shape index (κ3) is 4.95. The maximum atomic E-state index is 14.6. The molecule has 3 aromatic rings. The number of aromatic nitrogens is 1. The van der Waals surface area contributed by atoms with E-state index >= 15 is 0 Å². The predicted octanol–water partition coefficient (Wildman–Crippen LogP) is 6.83. The monoisotopic (exact) mass is 534 g/mol. The molecule has 1 aliphatic rings. The zero-order chi connectivity index (χ0) is 27.2. The quantitative estimate of drug-likeness (QED) is 0.341. The molecular formula is C27H29F3N2O4S. The van der Waals surface area contributed by atoms with Crippen LogP contribution in [0.1, 0.15) is 50.9 Å². The molecule has 10 heteroatoms. The molecule has 0 saturated carbocycles. The first-order valence-electron chi connectivity index (χ1n) is 12.0. The Kier molecular flexibility index (Phi) is 7.09. The van der Waals surface area contributed by atoms with E-state index in [1.165, 1.54) is 13.8 Å². The molecular weight excluding hydrogens is 505 g/mol. The molecule has 6 nitrogen and oxygen atoms in total. The summed E-state index contributed by atoms with van der Waals surface area (Å²) in [4.78, 5) is 15.8. The molecule has 198 valence electrons. The van der Waals surface area contributed by atoms with Gasteiger partial charge >= 0.3 is 12.1 Å². The molecule has 0 spiro atoms. The molecule has 0 amide bonds. The molecule has 0 aliphatic carbocycles. The SMILES string of the molecule is Cc1cc2c(CCC3SC(c4ccccc4)=NC3(C(C)C)C(F)(F)F)noc2cc1OC(C)(C)C(=O)O. The zero-order valence-electron chi connectivity index (χ0n) is 21.2. The minimum absolute atomic E-state index is 0.188. The molecule has 37 heavy (non-hydrogen) atoms. The number of aliphatic carboxylic acids is 1.